The maximum atomic E-state index is 12.2. The van der Waals surface area contributed by atoms with Crippen LogP contribution in [0.15, 0.2) is 18.2 Å². The fraction of sp³-hybridized carbons (Fsp3) is 0.600. The monoisotopic (exact) mass is 410 g/mol. The first-order valence-corrected chi connectivity index (χ1v) is 10.6. The molecule has 8 heteroatoms. The predicted octanol–water partition coefficient (Wildman–Crippen LogP) is 1.03. The second-order valence-corrected chi connectivity index (χ2v) is 9.15. The van der Waals surface area contributed by atoms with Gasteiger partial charge in [0.2, 0.25) is 10.3 Å². The SMILES string of the molecule is C[C@@H](NC(C)(C)C)c1ccc2c(c1)CCC[C@H]2NC(=O)[C@H](O)[C@H](O)C=S(=O)=O. The topological polar surface area (TPSA) is 116 Å². The van der Waals surface area contributed by atoms with Gasteiger partial charge in [0.15, 0.2) is 6.10 Å². The van der Waals surface area contributed by atoms with Crippen molar-refractivity contribution in [3.63, 3.8) is 0 Å². The largest absolute Gasteiger partial charge is 0.385 e. The van der Waals surface area contributed by atoms with Crippen LogP contribution in [0.5, 0.6) is 0 Å². The van der Waals surface area contributed by atoms with Gasteiger partial charge in [-0.15, -0.1) is 0 Å². The van der Waals surface area contributed by atoms with Crippen LogP contribution >= 0.6 is 0 Å². The van der Waals surface area contributed by atoms with E-state index in [-0.39, 0.29) is 17.6 Å². The van der Waals surface area contributed by atoms with Crippen LogP contribution in [0.3, 0.4) is 0 Å². The van der Waals surface area contributed by atoms with Crippen LogP contribution in [-0.4, -0.2) is 47.7 Å². The summed E-state index contributed by atoms with van der Waals surface area (Å²) in [7, 11) is -2.66. The number of rotatable bonds is 6. The van der Waals surface area contributed by atoms with E-state index < -0.39 is 28.4 Å². The van der Waals surface area contributed by atoms with Crippen molar-refractivity contribution in [2.75, 3.05) is 0 Å². The van der Waals surface area contributed by atoms with E-state index in [0.717, 1.165) is 24.0 Å². The number of benzene rings is 1. The van der Waals surface area contributed by atoms with Crippen molar-refractivity contribution >= 4 is 21.6 Å². The van der Waals surface area contributed by atoms with Gasteiger partial charge in [-0.05, 0) is 63.6 Å². The molecule has 0 saturated heterocycles. The zero-order valence-electron chi connectivity index (χ0n) is 16.8. The van der Waals surface area contributed by atoms with E-state index in [9.17, 15) is 23.4 Å². The van der Waals surface area contributed by atoms with Gasteiger partial charge in [0.1, 0.15) is 6.10 Å². The second-order valence-electron chi connectivity index (χ2n) is 8.36. The molecule has 28 heavy (non-hydrogen) atoms. The van der Waals surface area contributed by atoms with Crippen molar-refractivity contribution in [1.29, 1.82) is 0 Å². The number of hydrogen-bond donors (Lipinski definition) is 4. The minimum absolute atomic E-state index is 0.00637. The Balaban J connectivity index is 2.15. The minimum Gasteiger partial charge on any atom is -0.385 e. The lowest BCUT2D eigenvalue weighted by molar-refractivity contribution is -0.133. The van der Waals surface area contributed by atoms with Gasteiger partial charge >= 0.3 is 0 Å². The standard InChI is InChI=1S/C20H30N2O5S/c1-12(22-20(2,3)4)13-8-9-15-14(10-13)6-5-7-16(15)21-19(25)18(24)17(23)11-28(26)27/h8-12,16-18,22-24H,5-7H2,1-4H3,(H,21,25)/t12-,16-,17-,18-/m1/s1. The molecular weight excluding hydrogens is 380 g/mol. The molecule has 1 aliphatic rings. The number of amides is 1. The molecule has 0 spiro atoms. The van der Waals surface area contributed by atoms with Crippen molar-refractivity contribution in [3.05, 3.63) is 34.9 Å². The molecule has 2 rings (SSSR count). The summed E-state index contributed by atoms with van der Waals surface area (Å²) in [6.45, 7) is 8.47. The Morgan fingerprint density at radius 1 is 1.29 bits per heavy atom. The van der Waals surface area contributed by atoms with E-state index >= 15 is 0 Å². The molecule has 1 aromatic carbocycles. The zero-order valence-corrected chi connectivity index (χ0v) is 17.6. The zero-order chi connectivity index (χ0) is 21.1. The Bertz CT molecular complexity index is 837. The first-order chi connectivity index (χ1) is 13.0. The third-order valence-corrected chi connectivity index (χ3v) is 5.29. The van der Waals surface area contributed by atoms with E-state index in [1.807, 2.05) is 12.1 Å². The summed E-state index contributed by atoms with van der Waals surface area (Å²) in [4.78, 5) is 12.2. The molecule has 156 valence electrons. The first kappa shape index (κ1) is 22.5. The Hall–Kier alpha value is -1.74. The number of carbonyl (C=O) groups is 1. The second kappa shape index (κ2) is 9.17. The Labute approximate surface area is 167 Å². The molecule has 1 amide bonds. The number of aryl methyl sites for hydroxylation is 1. The summed E-state index contributed by atoms with van der Waals surface area (Å²) in [6, 6.07) is 6.08. The maximum absolute atomic E-state index is 12.2. The highest BCUT2D eigenvalue weighted by Crippen LogP contribution is 2.32. The third kappa shape index (κ3) is 6.13. The van der Waals surface area contributed by atoms with Crippen molar-refractivity contribution in [2.45, 2.75) is 76.8 Å². The summed E-state index contributed by atoms with van der Waals surface area (Å²) < 4.78 is 21.2. The fourth-order valence-corrected chi connectivity index (χ4v) is 3.96. The summed E-state index contributed by atoms with van der Waals surface area (Å²) in [6.07, 6.45) is -1.09. The van der Waals surface area contributed by atoms with Gasteiger partial charge in [-0.25, -0.2) is 0 Å². The number of aliphatic hydroxyl groups excluding tert-OH is 2. The molecule has 1 aromatic rings. The molecule has 0 aromatic heterocycles. The molecule has 4 atom stereocenters. The van der Waals surface area contributed by atoms with Crippen LogP contribution in [0.25, 0.3) is 0 Å². The Morgan fingerprint density at radius 2 is 1.96 bits per heavy atom. The Morgan fingerprint density at radius 3 is 2.57 bits per heavy atom. The summed E-state index contributed by atoms with van der Waals surface area (Å²) in [5.41, 5.74) is 3.31. The van der Waals surface area contributed by atoms with E-state index in [1.165, 1.54) is 5.56 Å². The van der Waals surface area contributed by atoms with Gasteiger partial charge in [0.05, 0.1) is 11.4 Å². The van der Waals surface area contributed by atoms with Crippen molar-refractivity contribution in [3.8, 4) is 0 Å². The average molecular weight is 411 g/mol. The van der Waals surface area contributed by atoms with Gasteiger partial charge in [0.25, 0.3) is 5.91 Å². The highest BCUT2D eigenvalue weighted by Gasteiger charge is 2.28. The van der Waals surface area contributed by atoms with Gasteiger partial charge in [-0.1, -0.05) is 18.2 Å². The van der Waals surface area contributed by atoms with Gasteiger partial charge in [0, 0.05) is 11.6 Å². The summed E-state index contributed by atoms with van der Waals surface area (Å²) in [5.74, 6) is -0.793. The van der Waals surface area contributed by atoms with Gasteiger partial charge < -0.3 is 20.8 Å². The van der Waals surface area contributed by atoms with Crippen LogP contribution in [0.2, 0.25) is 0 Å². The molecule has 1 aliphatic carbocycles. The van der Waals surface area contributed by atoms with Crippen LogP contribution in [0.1, 0.15) is 69.3 Å². The van der Waals surface area contributed by atoms with Crippen LogP contribution in [0, 0.1) is 0 Å². The van der Waals surface area contributed by atoms with Gasteiger partial charge in [-0.2, -0.15) is 8.42 Å². The number of nitrogens with one attached hydrogen (secondary N) is 2. The van der Waals surface area contributed by atoms with E-state index in [4.69, 9.17) is 0 Å². The third-order valence-electron chi connectivity index (χ3n) is 4.79. The van der Waals surface area contributed by atoms with E-state index in [0.29, 0.717) is 11.8 Å². The smallest absolute Gasteiger partial charge is 0.252 e. The summed E-state index contributed by atoms with van der Waals surface area (Å²) >= 11 is 0. The van der Waals surface area contributed by atoms with Crippen LogP contribution < -0.4 is 10.6 Å². The van der Waals surface area contributed by atoms with Crippen molar-refractivity contribution < 1.29 is 23.4 Å². The molecule has 0 unspecified atom stereocenters. The number of aliphatic hydroxyl groups is 2. The highest BCUT2D eigenvalue weighted by molar-refractivity contribution is 7.71. The lowest BCUT2D eigenvalue weighted by Crippen LogP contribution is -2.44. The molecule has 0 bridgehead atoms. The minimum atomic E-state index is -2.66. The fourth-order valence-electron chi connectivity index (χ4n) is 3.59. The van der Waals surface area contributed by atoms with E-state index in [1.54, 1.807) is 0 Å². The lowest BCUT2D eigenvalue weighted by Gasteiger charge is -2.30. The Kier molecular flexibility index (Phi) is 7.39. The number of fused-ring (bicyclic) bond motifs is 1. The average Bonchev–Trinajstić information content (AvgIpc) is 2.58. The molecule has 0 fully saturated rings. The van der Waals surface area contributed by atoms with Crippen LogP contribution in [0.4, 0.5) is 0 Å². The summed E-state index contributed by atoms with van der Waals surface area (Å²) in [5, 5.41) is 26.2. The molecule has 7 nitrogen and oxygen atoms in total. The number of hydrogen-bond acceptors (Lipinski definition) is 6. The van der Waals surface area contributed by atoms with Crippen LogP contribution in [-0.2, 0) is 21.5 Å². The molecule has 4 N–H and O–H groups in total. The molecular formula is C20H30N2O5S. The first-order valence-electron chi connectivity index (χ1n) is 9.48. The molecule has 0 heterocycles. The van der Waals surface area contributed by atoms with E-state index in [2.05, 4.69) is 44.4 Å². The lowest BCUT2D eigenvalue weighted by atomic mass is 9.85. The molecule has 0 aliphatic heterocycles. The predicted molar refractivity (Wildman–Crippen MR) is 109 cm³/mol. The van der Waals surface area contributed by atoms with Crippen molar-refractivity contribution in [1.82, 2.24) is 10.6 Å². The molecule has 0 radical (unpaired) electrons. The quantitative estimate of drug-likeness (QED) is 0.521. The highest BCUT2D eigenvalue weighted by atomic mass is 32.2. The molecule has 0 saturated carbocycles. The normalized spacial score (nSPS) is 19.9. The number of carbonyl (C=O) groups excluding carboxylic acids is 1. The van der Waals surface area contributed by atoms with Gasteiger partial charge in [-0.3, -0.25) is 4.79 Å². The van der Waals surface area contributed by atoms with Crippen molar-refractivity contribution in [2.24, 2.45) is 0 Å². The maximum Gasteiger partial charge on any atom is 0.252 e.